The first kappa shape index (κ1) is 14.7. The zero-order chi connectivity index (χ0) is 14.6. The first-order valence-electron chi connectivity index (χ1n) is 7.13. The fraction of sp³-hybridized carbons (Fsp3) is 0.562. The molecule has 0 fully saturated rings. The van der Waals surface area contributed by atoms with Gasteiger partial charge in [0.2, 0.25) is 0 Å². The Bertz CT molecular complexity index is 425. The van der Waals surface area contributed by atoms with Crippen LogP contribution in [0.3, 0.4) is 0 Å². The molecular formula is C16H22O4. The van der Waals surface area contributed by atoms with E-state index in [1.165, 1.54) is 0 Å². The van der Waals surface area contributed by atoms with Crippen molar-refractivity contribution in [2.75, 3.05) is 0 Å². The summed E-state index contributed by atoms with van der Waals surface area (Å²) in [5.41, 5.74) is 0.323. The summed E-state index contributed by atoms with van der Waals surface area (Å²) in [6.07, 6.45) is 9.82. The van der Waals surface area contributed by atoms with E-state index in [9.17, 15) is 4.79 Å². The third-order valence-corrected chi connectivity index (χ3v) is 3.26. The van der Waals surface area contributed by atoms with E-state index in [2.05, 4.69) is 6.58 Å². The van der Waals surface area contributed by atoms with Gasteiger partial charge in [-0.2, -0.15) is 0 Å². The van der Waals surface area contributed by atoms with Crippen LogP contribution in [-0.2, 0) is 19.0 Å². The van der Waals surface area contributed by atoms with Gasteiger partial charge in [-0.1, -0.05) is 6.58 Å². The monoisotopic (exact) mass is 278 g/mol. The molecule has 0 atom stereocenters. The zero-order valence-corrected chi connectivity index (χ0v) is 12.2. The molecule has 0 aromatic rings. The van der Waals surface area contributed by atoms with Crippen molar-refractivity contribution in [2.45, 2.75) is 58.3 Å². The molecule has 0 unspecified atom stereocenters. The van der Waals surface area contributed by atoms with Gasteiger partial charge in [-0.25, -0.2) is 4.79 Å². The summed E-state index contributed by atoms with van der Waals surface area (Å²) in [6.45, 7) is 6.82. The maximum absolute atomic E-state index is 11.8. The third-order valence-electron chi connectivity index (χ3n) is 3.26. The average molecular weight is 278 g/mol. The molecule has 2 aliphatic carbocycles. The standard InChI is InChI=1S/C16H22O4/c1-12(2)15(17)20-16(3,18-13-8-4-5-9-13)19-14-10-6-7-11-14/h8,10H,1,4-7,9,11H2,2-3H3. The van der Waals surface area contributed by atoms with E-state index in [4.69, 9.17) is 14.2 Å². The lowest BCUT2D eigenvalue weighted by molar-refractivity contribution is -0.321. The van der Waals surface area contributed by atoms with Crippen molar-refractivity contribution in [3.05, 3.63) is 35.8 Å². The summed E-state index contributed by atoms with van der Waals surface area (Å²) in [4.78, 5) is 11.8. The van der Waals surface area contributed by atoms with Crippen molar-refractivity contribution in [3.8, 4) is 0 Å². The van der Waals surface area contributed by atoms with Gasteiger partial charge in [0.25, 0.3) is 0 Å². The Labute approximate surface area is 120 Å². The molecule has 4 nitrogen and oxygen atoms in total. The number of carbonyl (C=O) groups excluding carboxylic acids is 1. The van der Waals surface area contributed by atoms with Crippen LogP contribution in [0.1, 0.15) is 52.4 Å². The van der Waals surface area contributed by atoms with Crippen LogP contribution in [0.4, 0.5) is 0 Å². The van der Waals surface area contributed by atoms with Gasteiger partial charge in [-0.3, -0.25) is 0 Å². The predicted octanol–water partition coefficient (Wildman–Crippen LogP) is 3.95. The molecule has 0 aromatic carbocycles. The molecule has 0 bridgehead atoms. The molecule has 0 spiro atoms. The van der Waals surface area contributed by atoms with Gasteiger partial charge in [-0.15, -0.1) is 0 Å². The van der Waals surface area contributed by atoms with E-state index in [1.807, 2.05) is 12.2 Å². The predicted molar refractivity (Wildman–Crippen MR) is 75.3 cm³/mol. The van der Waals surface area contributed by atoms with Gasteiger partial charge >= 0.3 is 11.9 Å². The molecule has 0 radical (unpaired) electrons. The maximum atomic E-state index is 11.8. The fourth-order valence-electron chi connectivity index (χ4n) is 2.26. The lowest BCUT2D eigenvalue weighted by Gasteiger charge is -2.31. The maximum Gasteiger partial charge on any atom is 0.415 e. The first-order chi connectivity index (χ1) is 9.48. The molecule has 110 valence electrons. The second-order valence-corrected chi connectivity index (χ2v) is 5.36. The van der Waals surface area contributed by atoms with Gasteiger partial charge in [0.05, 0.1) is 6.92 Å². The van der Waals surface area contributed by atoms with Crippen LogP contribution in [0.5, 0.6) is 0 Å². The minimum absolute atomic E-state index is 0.323. The number of rotatable bonds is 6. The molecule has 0 saturated heterocycles. The van der Waals surface area contributed by atoms with Gasteiger partial charge in [0.15, 0.2) is 0 Å². The number of carbonyl (C=O) groups is 1. The van der Waals surface area contributed by atoms with E-state index in [0.717, 1.165) is 50.0 Å². The molecule has 0 aliphatic heterocycles. The summed E-state index contributed by atoms with van der Waals surface area (Å²) in [5, 5.41) is 0. The minimum Gasteiger partial charge on any atom is -0.426 e. The second kappa shape index (κ2) is 6.16. The molecule has 0 aromatic heterocycles. The quantitative estimate of drug-likeness (QED) is 0.419. The Morgan fingerprint density at radius 1 is 1.15 bits per heavy atom. The number of hydrogen-bond acceptors (Lipinski definition) is 4. The molecular weight excluding hydrogens is 256 g/mol. The second-order valence-electron chi connectivity index (χ2n) is 5.36. The SMILES string of the molecule is C=C(C)C(=O)OC(C)(OC1=CCCC1)OC1=CCCC1. The number of ether oxygens (including phenoxy) is 3. The first-order valence-corrected chi connectivity index (χ1v) is 7.13. The van der Waals surface area contributed by atoms with E-state index < -0.39 is 11.9 Å². The van der Waals surface area contributed by atoms with Crippen LogP contribution >= 0.6 is 0 Å². The molecule has 20 heavy (non-hydrogen) atoms. The van der Waals surface area contributed by atoms with Crippen LogP contribution in [0.15, 0.2) is 35.8 Å². The normalized spacial score (nSPS) is 18.3. The molecule has 2 rings (SSSR count). The molecule has 0 N–H and O–H groups in total. The Morgan fingerprint density at radius 2 is 1.65 bits per heavy atom. The lowest BCUT2D eigenvalue weighted by atomic mass is 10.3. The van der Waals surface area contributed by atoms with Gasteiger partial charge in [-0.05, 0) is 44.8 Å². The largest absolute Gasteiger partial charge is 0.426 e. The van der Waals surface area contributed by atoms with Crippen LogP contribution in [-0.4, -0.2) is 11.9 Å². The highest BCUT2D eigenvalue weighted by Gasteiger charge is 2.36. The van der Waals surface area contributed by atoms with Crippen molar-refractivity contribution < 1.29 is 19.0 Å². The summed E-state index contributed by atoms with van der Waals surface area (Å²) < 4.78 is 16.9. The van der Waals surface area contributed by atoms with Crippen LogP contribution in [0.2, 0.25) is 0 Å². The highest BCUT2D eigenvalue weighted by atomic mass is 16.9. The molecule has 0 amide bonds. The molecule has 4 heteroatoms. The summed E-state index contributed by atoms with van der Waals surface area (Å²) in [6, 6.07) is 0. The lowest BCUT2D eigenvalue weighted by Crippen LogP contribution is -2.37. The smallest absolute Gasteiger partial charge is 0.415 e. The van der Waals surface area contributed by atoms with Gasteiger partial charge in [0.1, 0.15) is 11.5 Å². The highest BCUT2D eigenvalue weighted by molar-refractivity contribution is 5.87. The fourth-order valence-corrected chi connectivity index (χ4v) is 2.26. The molecule has 0 saturated carbocycles. The topological polar surface area (TPSA) is 44.8 Å². The van der Waals surface area contributed by atoms with E-state index in [1.54, 1.807) is 13.8 Å². The number of allylic oxidation sites excluding steroid dienone is 4. The van der Waals surface area contributed by atoms with Crippen LogP contribution in [0, 0.1) is 0 Å². The number of hydrogen-bond donors (Lipinski definition) is 0. The van der Waals surface area contributed by atoms with Crippen LogP contribution in [0.25, 0.3) is 0 Å². The Morgan fingerprint density at radius 3 is 2.00 bits per heavy atom. The molecule has 2 aliphatic rings. The molecule has 0 heterocycles. The average Bonchev–Trinajstić information content (AvgIpc) is 3.01. The van der Waals surface area contributed by atoms with Crippen molar-refractivity contribution in [1.82, 2.24) is 0 Å². The third kappa shape index (κ3) is 3.89. The Kier molecular flexibility index (Phi) is 4.53. The van der Waals surface area contributed by atoms with Crippen LogP contribution < -0.4 is 0 Å². The summed E-state index contributed by atoms with van der Waals surface area (Å²) >= 11 is 0. The zero-order valence-electron chi connectivity index (χ0n) is 12.2. The Balaban J connectivity index is 2.07. The van der Waals surface area contributed by atoms with Crippen molar-refractivity contribution in [2.24, 2.45) is 0 Å². The summed E-state index contributed by atoms with van der Waals surface area (Å²) in [7, 11) is 0. The minimum atomic E-state index is -1.41. The van der Waals surface area contributed by atoms with Gasteiger partial charge < -0.3 is 14.2 Å². The van der Waals surface area contributed by atoms with Gasteiger partial charge in [0, 0.05) is 18.4 Å². The van der Waals surface area contributed by atoms with E-state index >= 15 is 0 Å². The highest BCUT2D eigenvalue weighted by Crippen LogP contribution is 2.31. The number of esters is 1. The van der Waals surface area contributed by atoms with Crippen molar-refractivity contribution >= 4 is 5.97 Å². The van der Waals surface area contributed by atoms with E-state index in [0.29, 0.717) is 5.57 Å². The van der Waals surface area contributed by atoms with E-state index in [-0.39, 0.29) is 0 Å². The van der Waals surface area contributed by atoms with Crippen molar-refractivity contribution in [1.29, 1.82) is 0 Å². The summed E-state index contributed by atoms with van der Waals surface area (Å²) in [5.74, 6) is -0.284. The Hall–Kier alpha value is -1.71. The van der Waals surface area contributed by atoms with Crippen molar-refractivity contribution in [3.63, 3.8) is 0 Å².